The van der Waals surface area contributed by atoms with Crippen molar-refractivity contribution in [3.8, 4) is 0 Å². The van der Waals surface area contributed by atoms with Crippen LogP contribution in [0.1, 0.15) is 5.56 Å². The van der Waals surface area contributed by atoms with Crippen LogP contribution in [0.2, 0.25) is 0 Å². The molecule has 1 aromatic carbocycles. The smallest absolute Gasteiger partial charge is 0.207 e. The molecule has 0 atom stereocenters. The molecule has 0 aliphatic rings. The lowest BCUT2D eigenvalue weighted by Gasteiger charge is -2.00. The van der Waals surface area contributed by atoms with Gasteiger partial charge in [0.15, 0.2) is 0 Å². The Hall–Kier alpha value is -0.930. The lowest BCUT2D eigenvalue weighted by Crippen LogP contribution is -2.12. The van der Waals surface area contributed by atoms with Gasteiger partial charge < -0.3 is 0 Å². The predicted molar refractivity (Wildman–Crippen MR) is 40.3 cm³/mol. The van der Waals surface area contributed by atoms with Crippen molar-refractivity contribution < 1.29 is 9.23 Å². The summed E-state index contributed by atoms with van der Waals surface area (Å²) >= 11 is 0. The topological polar surface area (TPSA) is 21.3 Å². The molecule has 0 radical (unpaired) electrons. The molecule has 0 aromatic heterocycles. The molecule has 1 rings (SSSR count). The van der Waals surface area contributed by atoms with Crippen LogP contribution in [0.25, 0.3) is 0 Å². The maximum atomic E-state index is 11.4. The Morgan fingerprint density at radius 1 is 1.27 bits per heavy atom. The van der Waals surface area contributed by atoms with Crippen LogP contribution in [0.5, 0.6) is 0 Å². The monoisotopic (exact) mass is 155 g/mol. The quantitative estimate of drug-likeness (QED) is 0.527. The highest BCUT2D eigenvalue weighted by molar-refractivity contribution is 5.13. The van der Waals surface area contributed by atoms with E-state index in [0.717, 1.165) is 5.56 Å². The predicted octanol–water partition coefficient (Wildman–Crippen LogP) is 1.63. The first-order chi connectivity index (χ1) is 5.43. The van der Waals surface area contributed by atoms with Gasteiger partial charge in [0.2, 0.25) is 6.86 Å². The van der Waals surface area contributed by atoms with Crippen molar-refractivity contribution in [1.29, 1.82) is 0 Å². The summed E-state index contributed by atoms with van der Waals surface area (Å²) in [6, 6.07) is 9.65. The number of halogens is 1. The van der Waals surface area contributed by atoms with Crippen LogP contribution < -0.4 is 5.48 Å². The van der Waals surface area contributed by atoms with Crippen molar-refractivity contribution >= 4 is 0 Å². The molecule has 0 amide bonds. The van der Waals surface area contributed by atoms with Gasteiger partial charge in [-0.2, -0.15) is 5.48 Å². The third-order valence-electron chi connectivity index (χ3n) is 1.28. The van der Waals surface area contributed by atoms with Gasteiger partial charge in [0, 0.05) is 6.54 Å². The third-order valence-corrected chi connectivity index (χ3v) is 1.28. The summed E-state index contributed by atoms with van der Waals surface area (Å²) in [5.41, 5.74) is 3.55. The molecule has 0 unspecified atom stereocenters. The molecule has 0 aliphatic heterocycles. The molecule has 0 saturated carbocycles. The molecule has 0 spiro atoms. The van der Waals surface area contributed by atoms with E-state index in [1.807, 2.05) is 30.3 Å². The minimum atomic E-state index is -0.799. The summed E-state index contributed by atoms with van der Waals surface area (Å²) < 4.78 is 11.4. The Morgan fingerprint density at radius 3 is 2.64 bits per heavy atom. The number of rotatable bonds is 4. The zero-order chi connectivity index (χ0) is 7.94. The Kier molecular flexibility index (Phi) is 3.58. The van der Waals surface area contributed by atoms with Gasteiger partial charge in [-0.15, -0.1) is 0 Å². The first kappa shape index (κ1) is 8.17. The number of hydrogen-bond acceptors (Lipinski definition) is 2. The number of hydrogen-bond donors (Lipinski definition) is 1. The van der Waals surface area contributed by atoms with Crippen molar-refractivity contribution in [2.45, 2.75) is 6.54 Å². The van der Waals surface area contributed by atoms with Gasteiger partial charge in [-0.3, -0.25) is 4.84 Å². The van der Waals surface area contributed by atoms with Gasteiger partial charge in [0.05, 0.1) is 0 Å². The van der Waals surface area contributed by atoms with E-state index in [1.165, 1.54) is 0 Å². The second-order valence-electron chi connectivity index (χ2n) is 2.06. The van der Waals surface area contributed by atoms with Crippen molar-refractivity contribution in [2.75, 3.05) is 6.86 Å². The minimum absolute atomic E-state index is 0.532. The van der Waals surface area contributed by atoms with Gasteiger partial charge in [0.25, 0.3) is 0 Å². The summed E-state index contributed by atoms with van der Waals surface area (Å²) in [7, 11) is 0. The number of benzene rings is 1. The van der Waals surface area contributed by atoms with Crippen LogP contribution in [0.4, 0.5) is 4.39 Å². The summed E-state index contributed by atoms with van der Waals surface area (Å²) in [5.74, 6) is 0. The molecule has 0 aliphatic carbocycles. The summed E-state index contributed by atoms with van der Waals surface area (Å²) in [6.45, 7) is -0.266. The molecule has 0 fully saturated rings. The second kappa shape index (κ2) is 4.82. The Labute approximate surface area is 64.9 Å². The molecular formula is C8H10FNO. The van der Waals surface area contributed by atoms with Crippen LogP contribution in [0.15, 0.2) is 30.3 Å². The van der Waals surface area contributed by atoms with Gasteiger partial charge >= 0.3 is 0 Å². The van der Waals surface area contributed by atoms with Crippen LogP contribution in [-0.2, 0) is 11.4 Å². The average molecular weight is 155 g/mol. The van der Waals surface area contributed by atoms with E-state index in [4.69, 9.17) is 0 Å². The largest absolute Gasteiger partial charge is 0.268 e. The highest BCUT2D eigenvalue weighted by atomic mass is 19.1. The Bertz CT molecular complexity index is 191. The van der Waals surface area contributed by atoms with Crippen molar-refractivity contribution in [1.82, 2.24) is 5.48 Å². The highest BCUT2D eigenvalue weighted by Crippen LogP contribution is 1.96. The molecule has 3 heteroatoms. The first-order valence-electron chi connectivity index (χ1n) is 3.38. The second-order valence-corrected chi connectivity index (χ2v) is 2.06. The van der Waals surface area contributed by atoms with E-state index < -0.39 is 6.86 Å². The Balaban J connectivity index is 2.28. The molecule has 11 heavy (non-hydrogen) atoms. The van der Waals surface area contributed by atoms with E-state index >= 15 is 0 Å². The van der Waals surface area contributed by atoms with Crippen molar-refractivity contribution in [3.05, 3.63) is 35.9 Å². The molecule has 60 valence electrons. The van der Waals surface area contributed by atoms with E-state index in [-0.39, 0.29) is 0 Å². The molecule has 0 bridgehead atoms. The first-order valence-corrected chi connectivity index (χ1v) is 3.38. The minimum Gasteiger partial charge on any atom is -0.268 e. The fourth-order valence-electron chi connectivity index (χ4n) is 0.769. The fraction of sp³-hybridized carbons (Fsp3) is 0.250. The molecule has 0 heterocycles. The summed E-state index contributed by atoms with van der Waals surface area (Å²) in [4.78, 5) is 4.32. The molecule has 2 nitrogen and oxygen atoms in total. The molecular weight excluding hydrogens is 145 g/mol. The van der Waals surface area contributed by atoms with Gasteiger partial charge in [-0.05, 0) is 5.56 Å². The number of hydroxylamine groups is 1. The highest BCUT2D eigenvalue weighted by Gasteiger charge is 1.88. The zero-order valence-electron chi connectivity index (χ0n) is 6.09. The van der Waals surface area contributed by atoms with Gasteiger partial charge in [-0.25, -0.2) is 4.39 Å². The Morgan fingerprint density at radius 2 is 2.00 bits per heavy atom. The van der Waals surface area contributed by atoms with Gasteiger partial charge in [-0.1, -0.05) is 30.3 Å². The standard InChI is InChI=1S/C8H10FNO/c9-7-11-10-6-8-4-2-1-3-5-8/h1-5,10H,6-7H2. The fourth-order valence-corrected chi connectivity index (χ4v) is 0.769. The lowest BCUT2D eigenvalue weighted by molar-refractivity contribution is -0.0199. The van der Waals surface area contributed by atoms with Crippen LogP contribution in [0, 0.1) is 0 Å². The van der Waals surface area contributed by atoms with E-state index in [2.05, 4.69) is 10.3 Å². The zero-order valence-corrected chi connectivity index (χ0v) is 6.09. The van der Waals surface area contributed by atoms with E-state index in [0.29, 0.717) is 6.54 Å². The molecule has 0 saturated heterocycles. The number of alkyl halides is 1. The van der Waals surface area contributed by atoms with Gasteiger partial charge in [0.1, 0.15) is 0 Å². The summed E-state index contributed by atoms with van der Waals surface area (Å²) in [6.07, 6.45) is 0. The summed E-state index contributed by atoms with van der Waals surface area (Å²) in [5, 5.41) is 0. The third kappa shape index (κ3) is 3.11. The lowest BCUT2D eigenvalue weighted by atomic mass is 10.2. The van der Waals surface area contributed by atoms with Crippen LogP contribution in [0.3, 0.4) is 0 Å². The van der Waals surface area contributed by atoms with Crippen LogP contribution >= 0.6 is 0 Å². The molecule has 1 N–H and O–H groups in total. The molecule has 1 aromatic rings. The maximum Gasteiger partial charge on any atom is 0.207 e. The van der Waals surface area contributed by atoms with Crippen molar-refractivity contribution in [2.24, 2.45) is 0 Å². The normalized spacial score (nSPS) is 9.91. The maximum absolute atomic E-state index is 11.4. The SMILES string of the molecule is FCONCc1ccccc1. The van der Waals surface area contributed by atoms with E-state index in [9.17, 15) is 4.39 Å². The van der Waals surface area contributed by atoms with Crippen LogP contribution in [-0.4, -0.2) is 6.86 Å². The average Bonchev–Trinajstić information content (AvgIpc) is 2.07. The van der Waals surface area contributed by atoms with Crippen molar-refractivity contribution in [3.63, 3.8) is 0 Å². The number of nitrogens with one attached hydrogen (secondary N) is 1. The van der Waals surface area contributed by atoms with E-state index in [1.54, 1.807) is 0 Å².